The van der Waals surface area contributed by atoms with Gasteiger partial charge in [-0.05, 0) is 19.1 Å². The van der Waals surface area contributed by atoms with Crippen molar-refractivity contribution in [3.05, 3.63) is 29.3 Å². The summed E-state index contributed by atoms with van der Waals surface area (Å²) in [6.45, 7) is 2.00. The highest BCUT2D eigenvalue weighted by Crippen LogP contribution is 2.21. The summed E-state index contributed by atoms with van der Waals surface area (Å²) in [7, 11) is 0. The van der Waals surface area contributed by atoms with E-state index < -0.39 is 5.97 Å². The lowest BCUT2D eigenvalue weighted by atomic mass is 10.1. The molecule has 1 aromatic rings. The van der Waals surface area contributed by atoms with Crippen LogP contribution in [0.15, 0.2) is 18.2 Å². The minimum Gasteiger partial charge on any atom is -0.491 e. The molecule has 0 spiro atoms. The van der Waals surface area contributed by atoms with Crippen LogP contribution in [0.4, 0.5) is 0 Å². The van der Waals surface area contributed by atoms with Crippen LogP contribution in [0.5, 0.6) is 5.75 Å². The van der Waals surface area contributed by atoms with Gasteiger partial charge in [-0.3, -0.25) is 14.5 Å². The Balaban J connectivity index is 1.98. The van der Waals surface area contributed by atoms with Crippen LogP contribution in [-0.4, -0.2) is 40.9 Å². The predicted molar refractivity (Wildman–Crippen MR) is 69.6 cm³/mol. The van der Waals surface area contributed by atoms with E-state index >= 15 is 0 Å². The number of carbonyl (C=O) groups excluding carboxylic acids is 2. The molecule has 1 heterocycles. The van der Waals surface area contributed by atoms with Gasteiger partial charge in [-0.25, -0.2) is 4.79 Å². The second kappa shape index (κ2) is 5.73. The monoisotopic (exact) mass is 277 g/mol. The summed E-state index contributed by atoms with van der Waals surface area (Å²) in [5.74, 6) is -0.939. The van der Waals surface area contributed by atoms with Crippen LogP contribution in [0.25, 0.3) is 0 Å². The molecule has 0 atom stereocenters. The molecular weight excluding hydrogens is 262 g/mol. The molecule has 6 heteroatoms. The normalized spacial score (nSPS) is 14.8. The van der Waals surface area contributed by atoms with Gasteiger partial charge in [-0.2, -0.15) is 0 Å². The molecule has 0 aromatic heterocycles. The second-order valence-corrected chi connectivity index (χ2v) is 4.52. The van der Waals surface area contributed by atoms with Crippen molar-refractivity contribution >= 4 is 17.8 Å². The Bertz CT molecular complexity index is 551. The number of carbonyl (C=O) groups is 3. The minimum absolute atomic E-state index is 0.154. The van der Waals surface area contributed by atoms with E-state index in [2.05, 4.69) is 0 Å². The summed E-state index contributed by atoms with van der Waals surface area (Å²) >= 11 is 0. The van der Waals surface area contributed by atoms with Crippen molar-refractivity contribution in [2.75, 3.05) is 13.2 Å². The van der Waals surface area contributed by atoms with Crippen LogP contribution in [0.3, 0.4) is 0 Å². The van der Waals surface area contributed by atoms with Gasteiger partial charge in [0.15, 0.2) is 0 Å². The zero-order valence-electron chi connectivity index (χ0n) is 11.1. The van der Waals surface area contributed by atoms with Gasteiger partial charge in [0.05, 0.1) is 12.1 Å². The first-order chi connectivity index (χ1) is 9.50. The molecule has 106 valence electrons. The summed E-state index contributed by atoms with van der Waals surface area (Å²) in [5, 5.41) is 9.00. The Morgan fingerprint density at radius 1 is 1.30 bits per heavy atom. The number of aromatic carboxylic acids is 1. The largest absolute Gasteiger partial charge is 0.491 e. The summed E-state index contributed by atoms with van der Waals surface area (Å²) in [6.07, 6.45) is 0.513. The van der Waals surface area contributed by atoms with Crippen LogP contribution < -0.4 is 4.74 Å². The molecule has 1 aliphatic heterocycles. The lowest BCUT2D eigenvalue weighted by Gasteiger charge is -2.15. The molecule has 1 saturated heterocycles. The minimum atomic E-state index is -1.02. The quantitative estimate of drug-likeness (QED) is 0.818. The lowest BCUT2D eigenvalue weighted by Crippen LogP contribution is -2.33. The SMILES string of the molecule is Cc1c(OCCN2C(=O)CCC2=O)cccc1C(=O)O. The van der Waals surface area contributed by atoms with E-state index in [1.165, 1.54) is 11.0 Å². The first kappa shape index (κ1) is 14.0. The molecular formula is C14H15NO5. The number of imide groups is 1. The van der Waals surface area contributed by atoms with Crippen molar-refractivity contribution in [2.45, 2.75) is 19.8 Å². The number of amides is 2. The maximum Gasteiger partial charge on any atom is 0.336 e. The molecule has 2 amide bonds. The van der Waals surface area contributed by atoms with Crippen molar-refractivity contribution in [3.63, 3.8) is 0 Å². The Morgan fingerprint density at radius 3 is 2.55 bits per heavy atom. The molecule has 1 aliphatic rings. The van der Waals surface area contributed by atoms with Gasteiger partial charge >= 0.3 is 5.97 Å². The molecule has 20 heavy (non-hydrogen) atoms. The lowest BCUT2D eigenvalue weighted by molar-refractivity contribution is -0.138. The van der Waals surface area contributed by atoms with E-state index in [1.807, 2.05) is 0 Å². The highest BCUT2D eigenvalue weighted by Gasteiger charge is 2.28. The fourth-order valence-electron chi connectivity index (χ4n) is 2.12. The van der Waals surface area contributed by atoms with Crippen LogP contribution in [0, 0.1) is 6.92 Å². The average Bonchev–Trinajstić information content (AvgIpc) is 2.72. The first-order valence-corrected chi connectivity index (χ1v) is 6.29. The molecule has 0 aliphatic carbocycles. The van der Waals surface area contributed by atoms with E-state index in [9.17, 15) is 14.4 Å². The highest BCUT2D eigenvalue weighted by molar-refractivity contribution is 6.01. The number of benzene rings is 1. The molecule has 2 rings (SSSR count). The Kier molecular flexibility index (Phi) is 4.02. The molecule has 0 radical (unpaired) electrons. The molecule has 0 saturated carbocycles. The number of rotatable bonds is 5. The first-order valence-electron chi connectivity index (χ1n) is 6.29. The number of carboxylic acids is 1. The van der Waals surface area contributed by atoms with E-state index in [0.717, 1.165) is 0 Å². The number of hydrogen-bond acceptors (Lipinski definition) is 4. The predicted octanol–water partition coefficient (Wildman–Crippen LogP) is 1.22. The number of ether oxygens (including phenoxy) is 1. The van der Waals surface area contributed by atoms with Crippen LogP contribution in [-0.2, 0) is 9.59 Å². The van der Waals surface area contributed by atoms with Crippen molar-refractivity contribution in [2.24, 2.45) is 0 Å². The third-order valence-corrected chi connectivity index (χ3v) is 3.24. The van der Waals surface area contributed by atoms with Crippen molar-refractivity contribution < 1.29 is 24.2 Å². The smallest absolute Gasteiger partial charge is 0.336 e. The third-order valence-electron chi connectivity index (χ3n) is 3.24. The molecule has 0 bridgehead atoms. The summed E-state index contributed by atoms with van der Waals surface area (Å²) < 4.78 is 5.48. The van der Waals surface area contributed by atoms with Gasteiger partial charge in [0.1, 0.15) is 12.4 Å². The van der Waals surface area contributed by atoms with Crippen LogP contribution in [0.1, 0.15) is 28.8 Å². The maximum atomic E-state index is 11.4. The third kappa shape index (κ3) is 2.79. The van der Waals surface area contributed by atoms with Gasteiger partial charge in [0, 0.05) is 18.4 Å². The van der Waals surface area contributed by atoms with Gasteiger partial charge in [0.25, 0.3) is 0 Å². The molecule has 0 unspecified atom stereocenters. The number of carboxylic acid groups (broad SMARTS) is 1. The fourth-order valence-corrected chi connectivity index (χ4v) is 2.12. The number of nitrogens with zero attached hydrogens (tertiary/aromatic N) is 1. The highest BCUT2D eigenvalue weighted by atomic mass is 16.5. The van der Waals surface area contributed by atoms with Crippen molar-refractivity contribution in [1.82, 2.24) is 4.90 Å². The topological polar surface area (TPSA) is 83.9 Å². The van der Waals surface area contributed by atoms with Crippen molar-refractivity contribution in [3.8, 4) is 5.75 Å². The number of likely N-dealkylation sites (tertiary alicyclic amines) is 1. The standard InChI is InChI=1S/C14H15NO5/c1-9-10(14(18)19)3-2-4-11(9)20-8-7-15-12(16)5-6-13(15)17/h2-4H,5-8H2,1H3,(H,18,19). The Hall–Kier alpha value is -2.37. The maximum absolute atomic E-state index is 11.4. The second-order valence-electron chi connectivity index (χ2n) is 4.52. The van der Waals surface area contributed by atoms with Gasteiger partial charge in [-0.15, -0.1) is 0 Å². The zero-order valence-corrected chi connectivity index (χ0v) is 11.1. The molecule has 1 aromatic carbocycles. The Morgan fingerprint density at radius 2 is 1.95 bits per heavy atom. The summed E-state index contributed by atoms with van der Waals surface area (Å²) in [4.78, 5) is 35.0. The van der Waals surface area contributed by atoms with Crippen molar-refractivity contribution in [1.29, 1.82) is 0 Å². The van der Waals surface area contributed by atoms with E-state index in [0.29, 0.717) is 11.3 Å². The molecule has 1 N–H and O–H groups in total. The summed E-state index contributed by atoms with van der Waals surface area (Å²) in [5.41, 5.74) is 0.704. The fraction of sp³-hybridized carbons (Fsp3) is 0.357. The molecule has 1 fully saturated rings. The average molecular weight is 277 g/mol. The Labute approximate surface area is 115 Å². The zero-order chi connectivity index (χ0) is 14.7. The van der Waals surface area contributed by atoms with Crippen LogP contribution in [0.2, 0.25) is 0 Å². The molecule has 6 nitrogen and oxygen atoms in total. The van der Waals surface area contributed by atoms with Gasteiger partial charge in [-0.1, -0.05) is 6.07 Å². The van der Waals surface area contributed by atoms with Crippen LogP contribution >= 0.6 is 0 Å². The summed E-state index contributed by atoms with van der Waals surface area (Å²) in [6, 6.07) is 4.76. The van der Waals surface area contributed by atoms with E-state index in [-0.39, 0.29) is 43.4 Å². The number of hydrogen-bond donors (Lipinski definition) is 1. The van der Waals surface area contributed by atoms with E-state index in [4.69, 9.17) is 9.84 Å². The van der Waals surface area contributed by atoms with E-state index in [1.54, 1.807) is 19.1 Å². The van der Waals surface area contributed by atoms with Gasteiger partial charge < -0.3 is 9.84 Å². The van der Waals surface area contributed by atoms with Gasteiger partial charge in [0.2, 0.25) is 11.8 Å².